The molecule has 3 N–H and O–H groups in total. The summed E-state index contributed by atoms with van der Waals surface area (Å²) < 4.78 is 5.59. The molecule has 0 atom stereocenters. The number of nitrogens with one attached hydrogen (secondary N) is 1. The van der Waals surface area contributed by atoms with Crippen LogP contribution in [0.25, 0.3) is 0 Å². The number of amides is 1. The highest BCUT2D eigenvalue weighted by molar-refractivity contribution is 5.93. The van der Waals surface area contributed by atoms with Crippen molar-refractivity contribution in [3.05, 3.63) is 54.1 Å². The monoisotopic (exact) mass is 298 g/mol. The number of nitrogens with two attached hydrogens (primary N) is 1. The first-order valence-electron chi connectivity index (χ1n) is 7.43. The molecule has 2 aromatic rings. The van der Waals surface area contributed by atoms with Crippen LogP contribution in [0.3, 0.4) is 0 Å². The molecule has 0 spiro atoms. The van der Waals surface area contributed by atoms with Crippen LogP contribution in [0.5, 0.6) is 5.75 Å². The van der Waals surface area contributed by atoms with Crippen LogP contribution < -0.4 is 15.8 Å². The third-order valence-electron chi connectivity index (χ3n) is 3.38. The summed E-state index contributed by atoms with van der Waals surface area (Å²) in [7, 11) is 0. The van der Waals surface area contributed by atoms with E-state index in [1.807, 2.05) is 36.4 Å². The first-order chi connectivity index (χ1) is 10.6. The maximum Gasteiger partial charge on any atom is 0.227 e. The quantitative estimate of drug-likeness (QED) is 0.797. The third-order valence-corrected chi connectivity index (χ3v) is 3.38. The highest BCUT2D eigenvalue weighted by atomic mass is 16.5. The number of hydrogen-bond acceptors (Lipinski definition) is 3. The minimum Gasteiger partial charge on any atom is -0.493 e. The second kappa shape index (κ2) is 7.50. The first kappa shape index (κ1) is 15.9. The molecule has 0 saturated heterocycles. The molecule has 0 aromatic heterocycles. The summed E-state index contributed by atoms with van der Waals surface area (Å²) in [5.74, 6) is 1.16. The number of para-hydroxylation sites is 2. The molecule has 1 amide bonds. The van der Waals surface area contributed by atoms with Gasteiger partial charge in [0.15, 0.2) is 0 Å². The summed E-state index contributed by atoms with van der Waals surface area (Å²) >= 11 is 0. The summed E-state index contributed by atoms with van der Waals surface area (Å²) in [5.41, 5.74) is 8.24. The molecule has 0 heterocycles. The Labute approximate surface area is 131 Å². The number of rotatable bonds is 6. The van der Waals surface area contributed by atoms with E-state index in [1.54, 1.807) is 12.1 Å². The maximum absolute atomic E-state index is 11.9. The molecule has 22 heavy (non-hydrogen) atoms. The maximum atomic E-state index is 11.9. The number of carbonyl (C=O) groups is 1. The van der Waals surface area contributed by atoms with Gasteiger partial charge in [-0.3, -0.25) is 4.79 Å². The molecule has 0 aliphatic heterocycles. The minimum absolute atomic E-state index is 0.114. The Morgan fingerprint density at radius 1 is 1.14 bits per heavy atom. The number of anilines is 2. The highest BCUT2D eigenvalue weighted by Gasteiger charge is 2.05. The van der Waals surface area contributed by atoms with E-state index in [2.05, 4.69) is 19.2 Å². The van der Waals surface area contributed by atoms with E-state index in [9.17, 15) is 4.79 Å². The van der Waals surface area contributed by atoms with Gasteiger partial charge in [0.2, 0.25) is 5.91 Å². The highest BCUT2D eigenvalue weighted by Crippen LogP contribution is 2.19. The lowest BCUT2D eigenvalue weighted by molar-refractivity contribution is -0.116. The van der Waals surface area contributed by atoms with Gasteiger partial charge in [-0.15, -0.1) is 0 Å². The summed E-state index contributed by atoms with van der Waals surface area (Å²) in [6.45, 7) is 4.63. The zero-order valence-corrected chi connectivity index (χ0v) is 13.0. The van der Waals surface area contributed by atoms with Gasteiger partial charge in [-0.1, -0.05) is 38.1 Å². The van der Waals surface area contributed by atoms with Crippen LogP contribution in [0.1, 0.15) is 31.7 Å². The molecule has 0 aliphatic carbocycles. The van der Waals surface area contributed by atoms with Crippen molar-refractivity contribution in [3.8, 4) is 5.75 Å². The molecule has 0 fully saturated rings. The van der Waals surface area contributed by atoms with Crippen molar-refractivity contribution in [2.45, 2.75) is 26.2 Å². The van der Waals surface area contributed by atoms with E-state index in [4.69, 9.17) is 10.5 Å². The van der Waals surface area contributed by atoms with Crippen LogP contribution in [0.2, 0.25) is 0 Å². The van der Waals surface area contributed by atoms with E-state index < -0.39 is 0 Å². The normalized spacial score (nSPS) is 10.5. The molecule has 2 rings (SSSR count). The van der Waals surface area contributed by atoms with E-state index in [-0.39, 0.29) is 12.3 Å². The number of hydrogen-bond donors (Lipinski definition) is 2. The van der Waals surface area contributed by atoms with Crippen LogP contribution >= 0.6 is 0 Å². The van der Waals surface area contributed by atoms with E-state index >= 15 is 0 Å². The van der Waals surface area contributed by atoms with Crippen LogP contribution in [-0.4, -0.2) is 12.5 Å². The average molecular weight is 298 g/mol. The van der Waals surface area contributed by atoms with Crippen molar-refractivity contribution < 1.29 is 9.53 Å². The Hall–Kier alpha value is -2.49. The van der Waals surface area contributed by atoms with Crippen LogP contribution in [0, 0.1) is 0 Å². The fraction of sp³-hybridized carbons (Fsp3) is 0.278. The van der Waals surface area contributed by atoms with Crippen molar-refractivity contribution in [1.29, 1.82) is 0 Å². The third kappa shape index (κ3) is 4.52. The van der Waals surface area contributed by atoms with Gasteiger partial charge in [0.05, 0.1) is 24.4 Å². The topological polar surface area (TPSA) is 64.3 Å². The molecule has 116 valence electrons. The van der Waals surface area contributed by atoms with Gasteiger partial charge >= 0.3 is 0 Å². The number of benzene rings is 2. The van der Waals surface area contributed by atoms with Gasteiger partial charge in [-0.25, -0.2) is 0 Å². The molecule has 0 radical (unpaired) electrons. The Balaban J connectivity index is 1.78. The van der Waals surface area contributed by atoms with E-state index in [0.717, 1.165) is 5.75 Å². The van der Waals surface area contributed by atoms with Crippen molar-refractivity contribution in [2.24, 2.45) is 0 Å². The van der Waals surface area contributed by atoms with Crippen molar-refractivity contribution in [3.63, 3.8) is 0 Å². The second-order valence-corrected chi connectivity index (χ2v) is 5.46. The first-order valence-corrected chi connectivity index (χ1v) is 7.43. The van der Waals surface area contributed by atoms with Crippen LogP contribution in [0.15, 0.2) is 48.5 Å². The zero-order chi connectivity index (χ0) is 15.9. The Morgan fingerprint density at radius 2 is 1.82 bits per heavy atom. The lowest BCUT2D eigenvalue weighted by Gasteiger charge is -2.10. The molecule has 2 aromatic carbocycles. The van der Waals surface area contributed by atoms with Crippen molar-refractivity contribution in [1.82, 2.24) is 0 Å². The van der Waals surface area contributed by atoms with Crippen LogP contribution in [-0.2, 0) is 4.79 Å². The fourth-order valence-electron chi connectivity index (χ4n) is 2.03. The number of nitrogen functional groups attached to an aromatic ring is 1. The second-order valence-electron chi connectivity index (χ2n) is 5.46. The number of ether oxygens (including phenoxy) is 1. The van der Waals surface area contributed by atoms with Gasteiger partial charge in [0, 0.05) is 0 Å². The lowest BCUT2D eigenvalue weighted by atomic mass is 10.0. The smallest absolute Gasteiger partial charge is 0.227 e. The van der Waals surface area contributed by atoms with Gasteiger partial charge in [-0.2, -0.15) is 0 Å². The summed E-state index contributed by atoms with van der Waals surface area (Å²) in [6, 6.07) is 15.1. The fourth-order valence-corrected chi connectivity index (χ4v) is 2.03. The Bertz CT molecular complexity index is 621. The van der Waals surface area contributed by atoms with E-state index in [1.165, 1.54) is 5.56 Å². The molecule has 0 unspecified atom stereocenters. The predicted molar refractivity (Wildman–Crippen MR) is 90.1 cm³/mol. The van der Waals surface area contributed by atoms with Gasteiger partial charge in [0.1, 0.15) is 5.75 Å². The molecule has 0 saturated carbocycles. The summed E-state index contributed by atoms with van der Waals surface area (Å²) in [5, 5.41) is 2.78. The summed E-state index contributed by atoms with van der Waals surface area (Å²) in [4.78, 5) is 11.9. The lowest BCUT2D eigenvalue weighted by Crippen LogP contribution is -2.16. The zero-order valence-electron chi connectivity index (χ0n) is 13.0. The SMILES string of the molecule is CC(C)c1ccc(OCCC(=O)Nc2ccccc2N)cc1. The van der Waals surface area contributed by atoms with Crippen molar-refractivity contribution in [2.75, 3.05) is 17.7 Å². The van der Waals surface area contributed by atoms with E-state index in [0.29, 0.717) is 23.9 Å². The molecule has 4 nitrogen and oxygen atoms in total. The molecular formula is C18H22N2O2. The number of carbonyl (C=O) groups excluding carboxylic acids is 1. The molecule has 0 bridgehead atoms. The molecule has 0 aliphatic rings. The standard InChI is InChI=1S/C18H22N2O2/c1-13(2)14-7-9-15(10-8-14)22-12-11-18(21)20-17-6-4-3-5-16(17)19/h3-10,13H,11-12,19H2,1-2H3,(H,20,21). The average Bonchev–Trinajstić information content (AvgIpc) is 2.50. The molecular weight excluding hydrogens is 276 g/mol. The van der Waals surface area contributed by atoms with Gasteiger partial charge in [0.25, 0.3) is 0 Å². The minimum atomic E-state index is -0.114. The molecule has 4 heteroatoms. The van der Waals surface area contributed by atoms with Crippen molar-refractivity contribution >= 4 is 17.3 Å². The summed E-state index contributed by atoms with van der Waals surface area (Å²) in [6.07, 6.45) is 0.278. The Morgan fingerprint density at radius 3 is 2.45 bits per heavy atom. The van der Waals surface area contributed by atoms with Crippen LogP contribution in [0.4, 0.5) is 11.4 Å². The Kier molecular flexibility index (Phi) is 5.42. The predicted octanol–water partition coefficient (Wildman–Crippen LogP) is 3.80. The van der Waals surface area contributed by atoms with Gasteiger partial charge < -0.3 is 15.8 Å². The van der Waals surface area contributed by atoms with Gasteiger partial charge in [-0.05, 0) is 35.7 Å². The largest absolute Gasteiger partial charge is 0.493 e.